The number of nitrogens with one attached hydrogen (secondary N) is 1. The zero-order valence-electron chi connectivity index (χ0n) is 12.5. The van der Waals surface area contributed by atoms with Crippen LogP contribution >= 0.6 is 0 Å². The van der Waals surface area contributed by atoms with Gasteiger partial charge in [0.15, 0.2) is 0 Å². The van der Waals surface area contributed by atoms with Crippen molar-refractivity contribution in [1.82, 2.24) is 0 Å². The number of benzene rings is 1. The highest BCUT2D eigenvalue weighted by Crippen LogP contribution is 2.28. The molecule has 20 heavy (non-hydrogen) atoms. The molecule has 1 fully saturated rings. The van der Waals surface area contributed by atoms with E-state index in [1.54, 1.807) is 0 Å². The maximum atomic E-state index is 9.16. The first-order valence-electron chi connectivity index (χ1n) is 7.55. The Bertz CT molecular complexity index is 470. The molecule has 0 aliphatic heterocycles. The van der Waals surface area contributed by atoms with Gasteiger partial charge in [-0.05, 0) is 56.8 Å². The number of nitrogens with two attached hydrogens (primary N) is 1. The predicted octanol–water partition coefficient (Wildman–Crippen LogP) is 3.42. The van der Waals surface area contributed by atoms with Gasteiger partial charge < -0.3 is 11.1 Å². The van der Waals surface area contributed by atoms with Crippen LogP contribution in [0.2, 0.25) is 0 Å². The van der Waals surface area contributed by atoms with Crippen LogP contribution in [-0.4, -0.2) is 12.6 Å². The Labute approximate surface area is 122 Å². The summed E-state index contributed by atoms with van der Waals surface area (Å²) in [7, 11) is 0. The average Bonchev–Trinajstić information content (AvgIpc) is 2.48. The SMILES string of the molecule is CC(C)(C#N)c1ccc(NC2CCCCC2CN)cc1. The molecule has 1 aliphatic carbocycles. The van der Waals surface area contributed by atoms with Gasteiger partial charge in [-0.3, -0.25) is 0 Å². The van der Waals surface area contributed by atoms with Crippen LogP contribution < -0.4 is 11.1 Å². The lowest BCUT2D eigenvalue weighted by Crippen LogP contribution is -2.36. The van der Waals surface area contributed by atoms with Crippen LogP contribution in [0.25, 0.3) is 0 Å². The van der Waals surface area contributed by atoms with Crippen LogP contribution in [0.15, 0.2) is 24.3 Å². The highest BCUT2D eigenvalue weighted by Gasteiger charge is 2.24. The molecule has 2 atom stereocenters. The van der Waals surface area contributed by atoms with Gasteiger partial charge in [0.2, 0.25) is 0 Å². The summed E-state index contributed by atoms with van der Waals surface area (Å²) in [5, 5.41) is 12.8. The Morgan fingerprint density at radius 1 is 1.25 bits per heavy atom. The normalized spacial score (nSPS) is 23.1. The van der Waals surface area contributed by atoms with Gasteiger partial charge in [-0.2, -0.15) is 5.26 Å². The van der Waals surface area contributed by atoms with Crippen molar-refractivity contribution in [1.29, 1.82) is 5.26 Å². The molecule has 1 aliphatic rings. The summed E-state index contributed by atoms with van der Waals surface area (Å²) in [5.74, 6) is 0.582. The zero-order valence-corrected chi connectivity index (χ0v) is 12.5. The van der Waals surface area contributed by atoms with E-state index in [9.17, 15) is 0 Å². The Hall–Kier alpha value is -1.53. The summed E-state index contributed by atoms with van der Waals surface area (Å²) in [6.45, 7) is 4.65. The molecule has 1 aromatic carbocycles. The van der Waals surface area contributed by atoms with E-state index in [0.717, 1.165) is 17.8 Å². The number of hydrogen-bond donors (Lipinski definition) is 2. The Kier molecular flexibility index (Phi) is 4.67. The van der Waals surface area contributed by atoms with Gasteiger partial charge in [-0.25, -0.2) is 0 Å². The zero-order chi connectivity index (χ0) is 14.6. The van der Waals surface area contributed by atoms with E-state index in [-0.39, 0.29) is 0 Å². The lowest BCUT2D eigenvalue weighted by atomic mass is 9.84. The van der Waals surface area contributed by atoms with Gasteiger partial charge in [0, 0.05) is 11.7 Å². The fourth-order valence-corrected chi connectivity index (χ4v) is 2.94. The quantitative estimate of drug-likeness (QED) is 0.882. The second-order valence-electron chi connectivity index (χ2n) is 6.35. The van der Waals surface area contributed by atoms with Gasteiger partial charge in [-0.15, -0.1) is 0 Å². The van der Waals surface area contributed by atoms with E-state index >= 15 is 0 Å². The summed E-state index contributed by atoms with van der Waals surface area (Å²) < 4.78 is 0. The third kappa shape index (κ3) is 3.32. The van der Waals surface area contributed by atoms with E-state index < -0.39 is 5.41 Å². The van der Waals surface area contributed by atoms with Gasteiger partial charge in [0.25, 0.3) is 0 Å². The van der Waals surface area contributed by atoms with Crippen LogP contribution in [0.1, 0.15) is 45.1 Å². The Morgan fingerprint density at radius 2 is 1.90 bits per heavy atom. The predicted molar refractivity (Wildman–Crippen MR) is 83.5 cm³/mol. The van der Waals surface area contributed by atoms with Gasteiger partial charge in [0.1, 0.15) is 0 Å². The van der Waals surface area contributed by atoms with Crippen LogP contribution in [0.4, 0.5) is 5.69 Å². The molecule has 3 nitrogen and oxygen atoms in total. The second-order valence-corrected chi connectivity index (χ2v) is 6.35. The van der Waals surface area contributed by atoms with Gasteiger partial charge in [-0.1, -0.05) is 25.0 Å². The first-order valence-corrected chi connectivity index (χ1v) is 7.55. The second kappa shape index (κ2) is 6.28. The molecule has 0 bridgehead atoms. The average molecular weight is 271 g/mol. The minimum absolute atomic E-state index is 0.427. The standard InChI is InChI=1S/C17H25N3/c1-17(2,12-19)14-7-9-15(10-8-14)20-16-6-4-3-5-13(16)11-18/h7-10,13,16,20H,3-6,11,18H2,1-2H3. The maximum absolute atomic E-state index is 9.16. The lowest BCUT2D eigenvalue weighted by molar-refractivity contribution is 0.332. The van der Waals surface area contributed by atoms with Crippen molar-refractivity contribution in [2.24, 2.45) is 11.7 Å². The van der Waals surface area contributed by atoms with E-state index in [1.807, 2.05) is 26.0 Å². The molecule has 2 unspecified atom stereocenters. The number of anilines is 1. The van der Waals surface area contributed by atoms with Crippen molar-refractivity contribution >= 4 is 5.69 Å². The minimum Gasteiger partial charge on any atom is -0.382 e. The molecule has 0 saturated heterocycles. The van der Waals surface area contributed by atoms with Crippen LogP contribution in [0.3, 0.4) is 0 Å². The van der Waals surface area contributed by atoms with Gasteiger partial charge >= 0.3 is 0 Å². The monoisotopic (exact) mass is 271 g/mol. The summed E-state index contributed by atoms with van der Waals surface area (Å²) in [6.07, 6.45) is 5.02. The van der Waals surface area contributed by atoms with E-state index in [2.05, 4.69) is 23.5 Å². The van der Waals surface area contributed by atoms with E-state index in [0.29, 0.717) is 12.0 Å². The number of hydrogen-bond acceptors (Lipinski definition) is 3. The first kappa shape index (κ1) is 14.9. The summed E-state index contributed by atoms with van der Waals surface area (Å²) in [6, 6.07) is 11.1. The molecule has 0 spiro atoms. The molecule has 2 rings (SSSR count). The van der Waals surface area contributed by atoms with Gasteiger partial charge in [0.05, 0.1) is 11.5 Å². The highest BCUT2D eigenvalue weighted by molar-refractivity contribution is 5.47. The van der Waals surface area contributed by atoms with Crippen molar-refractivity contribution in [3.8, 4) is 6.07 Å². The third-order valence-corrected chi connectivity index (χ3v) is 4.45. The van der Waals surface area contributed by atoms with Crippen molar-refractivity contribution in [2.45, 2.75) is 51.0 Å². The van der Waals surface area contributed by atoms with Crippen molar-refractivity contribution in [3.05, 3.63) is 29.8 Å². The number of nitrogens with zero attached hydrogens (tertiary/aromatic N) is 1. The van der Waals surface area contributed by atoms with Crippen LogP contribution in [0, 0.1) is 17.2 Å². The van der Waals surface area contributed by atoms with Crippen LogP contribution in [-0.2, 0) is 5.41 Å². The van der Waals surface area contributed by atoms with E-state index in [1.165, 1.54) is 25.7 Å². The molecule has 1 aromatic rings. The summed E-state index contributed by atoms with van der Waals surface area (Å²) in [4.78, 5) is 0. The van der Waals surface area contributed by atoms with Crippen molar-refractivity contribution in [3.63, 3.8) is 0 Å². The maximum Gasteiger partial charge on any atom is 0.0766 e. The highest BCUT2D eigenvalue weighted by atomic mass is 14.9. The molecular formula is C17H25N3. The fourth-order valence-electron chi connectivity index (χ4n) is 2.94. The molecular weight excluding hydrogens is 246 g/mol. The number of nitriles is 1. The fraction of sp³-hybridized carbons (Fsp3) is 0.588. The molecule has 0 amide bonds. The summed E-state index contributed by atoms with van der Waals surface area (Å²) >= 11 is 0. The van der Waals surface area contributed by atoms with Crippen molar-refractivity contribution in [2.75, 3.05) is 11.9 Å². The minimum atomic E-state index is -0.427. The third-order valence-electron chi connectivity index (χ3n) is 4.45. The smallest absolute Gasteiger partial charge is 0.0766 e. The summed E-state index contributed by atoms with van der Waals surface area (Å²) in [5.41, 5.74) is 7.64. The van der Waals surface area contributed by atoms with E-state index in [4.69, 9.17) is 11.0 Å². The number of rotatable bonds is 4. The molecule has 3 N–H and O–H groups in total. The molecule has 0 heterocycles. The Balaban J connectivity index is 2.05. The largest absolute Gasteiger partial charge is 0.382 e. The molecule has 0 radical (unpaired) electrons. The topological polar surface area (TPSA) is 61.8 Å². The first-order chi connectivity index (χ1) is 9.56. The molecule has 108 valence electrons. The lowest BCUT2D eigenvalue weighted by Gasteiger charge is -2.32. The van der Waals surface area contributed by atoms with Crippen molar-refractivity contribution < 1.29 is 0 Å². The Morgan fingerprint density at radius 3 is 2.50 bits per heavy atom. The molecule has 1 saturated carbocycles. The van der Waals surface area contributed by atoms with Crippen LogP contribution in [0.5, 0.6) is 0 Å². The molecule has 3 heteroatoms. The molecule has 0 aromatic heterocycles.